The van der Waals surface area contributed by atoms with E-state index in [0.29, 0.717) is 13.2 Å². The SMILES string of the molecule is CN1CCO[C@H](CNC[C@H](O)COc2cccc(C(F)(F)F)c2)C1. The lowest BCUT2D eigenvalue weighted by atomic mass is 10.2. The second kappa shape index (κ2) is 8.66. The standard InChI is InChI=1S/C16H23F3N2O3/c1-21-5-6-23-15(10-21)9-20-8-13(22)11-24-14-4-2-3-12(7-14)16(17,18)19/h2-4,7,13,15,20,22H,5-6,8-11H2,1H3/t13-,15+/m0/s1. The van der Waals surface area contributed by atoms with Gasteiger partial charge < -0.3 is 24.8 Å². The van der Waals surface area contributed by atoms with Gasteiger partial charge in [-0.3, -0.25) is 0 Å². The highest BCUT2D eigenvalue weighted by Gasteiger charge is 2.30. The lowest BCUT2D eigenvalue weighted by Crippen LogP contribution is -2.46. The van der Waals surface area contributed by atoms with Crippen LogP contribution in [0.2, 0.25) is 0 Å². The maximum Gasteiger partial charge on any atom is 0.416 e. The van der Waals surface area contributed by atoms with Crippen molar-refractivity contribution in [1.82, 2.24) is 10.2 Å². The second-order valence-electron chi connectivity index (χ2n) is 5.90. The molecule has 1 aliphatic heterocycles. The Balaban J connectivity index is 1.68. The minimum Gasteiger partial charge on any atom is -0.491 e. The summed E-state index contributed by atoms with van der Waals surface area (Å²) < 4.78 is 48.6. The molecule has 2 N–H and O–H groups in total. The highest BCUT2D eigenvalue weighted by molar-refractivity contribution is 5.30. The zero-order chi connectivity index (χ0) is 17.6. The zero-order valence-corrected chi connectivity index (χ0v) is 13.6. The summed E-state index contributed by atoms with van der Waals surface area (Å²) in [5.41, 5.74) is -0.772. The fourth-order valence-electron chi connectivity index (χ4n) is 2.41. The van der Waals surface area contributed by atoms with Crippen LogP contribution < -0.4 is 10.1 Å². The lowest BCUT2D eigenvalue weighted by Gasteiger charge is -2.30. The molecule has 24 heavy (non-hydrogen) atoms. The lowest BCUT2D eigenvalue weighted by molar-refractivity contribution is -0.137. The number of likely N-dealkylation sites (N-methyl/N-ethyl adjacent to an activating group) is 1. The highest BCUT2D eigenvalue weighted by atomic mass is 19.4. The number of morpholine rings is 1. The minimum absolute atomic E-state index is 0.0698. The molecular weight excluding hydrogens is 325 g/mol. The molecule has 1 aromatic carbocycles. The molecule has 0 spiro atoms. The van der Waals surface area contributed by atoms with Gasteiger partial charge in [0.1, 0.15) is 18.5 Å². The first kappa shape index (κ1) is 19.0. The van der Waals surface area contributed by atoms with E-state index in [0.717, 1.165) is 25.2 Å². The third-order valence-electron chi connectivity index (χ3n) is 3.70. The molecule has 0 radical (unpaired) electrons. The van der Waals surface area contributed by atoms with Gasteiger partial charge in [0.05, 0.1) is 18.3 Å². The predicted octanol–water partition coefficient (Wildman–Crippen LogP) is 1.37. The Hall–Kier alpha value is -1.35. The molecule has 2 rings (SSSR count). The third kappa shape index (κ3) is 6.27. The smallest absolute Gasteiger partial charge is 0.416 e. The number of hydrogen-bond acceptors (Lipinski definition) is 5. The fraction of sp³-hybridized carbons (Fsp3) is 0.625. The van der Waals surface area contributed by atoms with Crippen LogP contribution in [0.1, 0.15) is 5.56 Å². The number of hydrogen-bond donors (Lipinski definition) is 2. The van der Waals surface area contributed by atoms with Crippen LogP contribution in [0.5, 0.6) is 5.75 Å². The number of benzene rings is 1. The molecule has 8 heteroatoms. The first-order valence-corrected chi connectivity index (χ1v) is 7.83. The molecule has 2 atom stereocenters. The topological polar surface area (TPSA) is 54.0 Å². The van der Waals surface area contributed by atoms with E-state index in [1.54, 1.807) is 0 Å². The van der Waals surface area contributed by atoms with Crippen LogP contribution >= 0.6 is 0 Å². The molecule has 5 nitrogen and oxygen atoms in total. The Morgan fingerprint density at radius 3 is 2.96 bits per heavy atom. The van der Waals surface area contributed by atoms with E-state index in [9.17, 15) is 18.3 Å². The average molecular weight is 348 g/mol. The second-order valence-corrected chi connectivity index (χ2v) is 5.90. The van der Waals surface area contributed by atoms with E-state index < -0.39 is 17.8 Å². The van der Waals surface area contributed by atoms with Crippen molar-refractivity contribution < 1.29 is 27.8 Å². The number of aliphatic hydroxyl groups is 1. The van der Waals surface area contributed by atoms with Crippen molar-refractivity contribution in [3.8, 4) is 5.75 Å². The predicted molar refractivity (Wildman–Crippen MR) is 83.1 cm³/mol. The summed E-state index contributed by atoms with van der Waals surface area (Å²) in [6, 6.07) is 4.61. The molecule has 0 unspecified atom stereocenters. The molecule has 136 valence electrons. The van der Waals surface area contributed by atoms with Crippen molar-refractivity contribution in [3.05, 3.63) is 29.8 Å². The van der Waals surface area contributed by atoms with Crippen LogP contribution in [0.25, 0.3) is 0 Å². The normalized spacial score (nSPS) is 20.8. The average Bonchev–Trinajstić information content (AvgIpc) is 2.52. The summed E-state index contributed by atoms with van der Waals surface area (Å²) in [7, 11) is 2.02. The molecule has 0 aliphatic carbocycles. The Bertz CT molecular complexity index is 514. The maximum atomic E-state index is 12.6. The molecule has 0 saturated carbocycles. The van der Waals surface area contributed by atoms with Gasteiger partial charge in [-0.2, -0.15) is 13.2 Å². The number of nitrogens with one attached hydrogen (secondary N) is 1. The summed E-state index contributed by atoms with van der Waals surface area (Å²) in [6.45, 7) is 3.21. The van der Waals surface area contributed by atoms with Crippen molar-refractivity contribution in [2.24, 2.45) is 0 Å². The molecule has 0 aromatic heterocycles. The number of rotatable bonds is 7. The van der Waals surface area contributed by atoms with E-state index in [4.69, 9.17) is 9.47 Å². The summed E-state index contributed by atoms with van der Waals surface area (Å²) in [5.74, 6) is 0.0844. The number of alkyl halides is 3. The molecular formula is C16H23F3N2O3. The van der Waals surface area contributed by atoms with Gasteiger partial charge in [-0.25, -0.2) is 0 Å². The van der Waals surface area contributed by atoms with Crippen LogP contribution in [-0.2, 0) is 10.9 Å². The zero-order valence-electron chi connectivity index (χ0n) is 13.6. The first-order chi connectivity index (χ1) is 11.3. The van der Waals surface area contributed by atoms with Crippen LogP contribution in [0.3, 0.4) is 0 Å². The summed E-state index contributed by atoms with van der Waals surface area (Å²) in [6.07, 6.45) is -5.16. The monoisotopic (exact) mass is 348 g/mol. The number of ether oxygens (including phenoxy) is 2. The van der Waals surface area contributed by atoms with E-state index in [1.807, 2.05) is 7.05 Å². The number of halogens is 3. The Morgan fingerprint density at radius 2 is 2.25 bits per heavy atom. The number of aliphatic hydroxyl groups excluding tert-OH is 1. The van der Waals surface area contributed by atoms with Gasteiger partial charge >= 0.3 is 6.18 Å². The minimum atomic E-state index is -4.41. The third-order valence-corrected chi connectivity index (χ3v) is 3.70. The van der Waals surface area contributed by atoms with Gasteiger partial charge in [-0.1, -0.05) is 6.07 Å². The Morgan fingerprint density at radius 1 is 1.46 bits per heavy atom. The van der Waals surface area contributed by atoms with Gasteiger partial charge in [-0.05, 0) is 25.2 Å². The van der Waals surface area contributed by atoms with E-state index in [2.05, 4.69) is 10.2 Å². The van der Waals surface area contributed by atoms with E-state index in [-0.39, 0.29) is 25.0 Å². The van der Waals surface area contributed by atoms with Crippen LogP contribution in [-0.4, -0.2) is 68.7 Å². The van der Waals surface area contributed by atoms with E-state index >= 15 is 0 Å². The largest absolute Gasteiger partial charge is 0.491 e. The molecule has 1 aromatic rings. The number of nitrogens with zero attached hydrogens (tertiary/aromatic N) is 1. The molecule has 1 fully saturated rings. The van der Waals surface area contributed by atoms with Crippen LogP contribution in [0.15, 0.2) is 24.3 Å². The van der Waals surface area contributed by atoms with Gasteiger partial charge in [0.25, 0.3) is 0 Å². The molecule has 1 aliphatic rings. The van der Waals surface area contributed by atoms with Gasteiger partial charge in [-0.15, -0.1) is 0 Å². The van der Waals surface area contributed by atoms with Crippen molar-refractivity contribution >= 4 is 0 Å². The molecule has 1 saturated heterocycles. The first-order valence-electron chi connectivity index (χ1n) is 7.83. The van der Waals surface area contributed by atoms with Gasteiger partial charge in [0.2, 0.25) is 0 Å². The van der Waals surface area contributed by atoms with Crippen molar-refractivity contribution in [2.45, 2.75) is 18.4 Å². The maximum absolute atomic E-state index is 12.6. The van der Waals surface area contributed by atoms with Crippen LogP contribution in [0.4, 0.5) is 13.2 Å². The Labute approximate surface area is 139 Å². The molecule has 0 bridgehead atoms. The Kier molecular flexibility index (Phi) is 6.85. The fourth-order valence-corrected chi connectivity index (χ4v) is 2.41. The summed E-state index contributed by atoms with van der Waals surface area (Å²) in [5, 5.41) is 12.9. The summed E-state index contributed by atoms with van der Waals surface area (Å²) in [4.78, 5) is 2.17. The highest BCUT2D eigenvalue weighted by Crippen LogP contribution is 2.31. The van der Waals surface area contributed by atoms with E-state index in [1.165, 1.54) is 12.1 Å². The van der Waals surface area contributed by atoms with Crippen LogP contribution in [0, 0.1) is 0 Å². The van der Waals surface area contributed by atoms with Crippen molar-refractivity contribution in [3.63, 3.8) is 0 Å². The summed E-state index contributed by atoms with van der Waals surface area (Å²) >= 11 is 0. The van der Waals surface area contributed by atoms with Gasteiger partial charge in [0.15, 0.2) is 0 Å². The quantitative estimate of drug-likeness (QED) is 0.779. The van der Waals surface area contributed by atoms with Crippen molar-refractivity contribution in [2.75, 3.05) is 46.4 Å². The molecule has 1 heterocycles. The van der Waals surface area contributed by atoms with Crippen molar-refractivity contribution in [1.29, 1.82) is 0 Å². The molecule has 0 amide bonds. The van der Waals surface area contributed by atoms with Gasteiger partial charge in [0, 0.05) is 26.2 Å².